The van der Waals surface area contributed by atoms with E-state index < -0.39 is 5.60 Å². The fourth-order valence-electron chi connectivity index (χ4n) is 3.37. The summed E-state index contributed by atoms with van der Waals surface area (Å²) in [7, 11) is 0. The number of pyridine rings is 1. The molecule has 138 valence electrons. The second-order valence-corrected chi connectivity index (χ2v) is 6.88. The van der Waals surface area contributed by atoms with Crippen molar-refractivity contribution in [1.82, 2.24) is 24.8 Å². The quantitative estimate of drug-likeness (QED) is 0.840. The van der Waals surface area contributed by atoms with E-state index in [1.54, 1.807) is 30.4 Å². The second kappa shape index (κ2) is 7.88. The summed E-state index contributed by atoms with van der Waals surface area (Å²) in [5.74, 6) is -0.115. The van der Waals surface area contributed by atoms with E-state index in [0.29, 0.717) is 37.3 Å². The van der Waals surface area contributed by atoms with Crippen molar-refractivity contribution in [2.45, 2.75) is 32.4 Å². The third kappa shape index (κ3) is 4.23. The number of aromatic nitrogens is 3. The monoisotopic (exact) mass is 355 g/mol. The first-order chi connectivity index (χ1) is 12.5. The van der Waals surface area contributed by atoms with Crippen molar-refractivity contribution in [3.63, 3.8) is 0 Å². The highest BCUT2D eigenvalue weighted by Crippen LogP contribution is 2.25. The van der Waals surface area contributed by atoms with Crippen LogP contribution in [-0.2, 0) is 6.54 Å². The first kappa shape index (κ1) is 18.4. The van der Waals surface area contributed by atoms with Gasteiger partial charge in [-0.05, 0) is 37.6 Å². The number of hydrogen-bond donors (Lipinski definition) is 1. The third-order valence-electron chi connectivity index (χ3n) is 4.88. The minimum absolute atomic E-state index is 0.115. The van der Waals surface area contributed by atoms with E-state index in [9.17, 15) is 9.90 Å². The molecule has 0 bridgehead atoms. The lowest BCUT2D eigenvalue weighted by Crippen LogP contribution is -2.45. The van der Waals surface area contributed by atoms with Crippen LogP contribution in [0.1, 0.15) is 35.0 Å². The van der Waals surface area contributed by atoms with Crippen LogP contribution in [-0.4, -0.2) is 67.5 Å². The number of aliphatic hydroxyl groups is 1. The van der Waals surface area contributed by atoms with Crippen LogP contribution < -0.4 is 0 Å². The molecule has 0 aromatic carbocycles. The normalized spacial score (nSPS) is 19.9. The standard InChI is InChI=1S/C19H25N5O2/c1-3-23(11-16-4-7-20-8-5-16)12-19(26)6-9-24(13-19)18(25)17-10-21-14-22-15(17)2/h4-5,7-8,10,14,26H,3,6,9,11-13H2,1-2H3/t19-/m0/s1. The molecule has 2 aromatic rings. The highest BCUT2D eigenvalue weighted by Gasteiger charge is 2.39. The number of aryl methyl sites for hydroxylation is 1. The lowest BCUT2D eigenvalue weighted by atomic mass is 10.0. The minimum Gasteiger partial charge on any atom is -0.387 e. The van der Waals surface area contributed by atoms with Crippen LogP contribution >= 0.6 is 0 Å². The number of likely N-dealkylation sites (tertiary alicyclic amines) is 1. The zero-order chi connectivity index (χ0) is 18.6. The summed E-state index contributed by atoms with van der Waals surface area (Å²) in [5.41, 5.74) is 1.42. The molecule has 7 nitrogen and oxygen atoms in total. The van der Waals surface area contributed by atoms with Gasteiger partial charge in [-0.1, -0.05) is 6.92 Å². The Kier molecular flexibility index (Phi) is 5.58. The third-order valence-corrected chi connectivity index (χ3v) is 4.88. The summed E-state index contributed by atoms with van der Waals surface area (Å²) < 4.78 is 0. The number of β-amino-alcohol motifs (C(OH)–C–C–N with tert-alkyl or cyclic N) is 1. The van der Waals surface area contributed by atoms with E-state index in [1.165, 1.54) is 6.33 Å². The zero-order valence-corrected chi connectivity index (χ0v) is 15.3. The van der Waals surface area contributed by atoms with Gasteiger partial charge in [0.15, 0.2) is 0 Å². The van der Waals surface area contributed by atoms with Crippen LogP contribution in [0, 0.1) is 6.92 Å². The van der Waals surface area contributed by atoms with Crippen molar-refractivity contribution in [3.8, 4) is 0 Å². The molecule has 1 aliphatic heterocycles. The number of amides is 1. The van der Waals surface area contributed by atoms with E-state index >= 15 is 0 Å². The molecule has 1 amide bonds. The van der Waals surface area contributed by atoms with Gasteiger partial charge in [0.2, 0.25) is 0 Å². The Hall–Kier alpha value is -2.38. The molecule has 26 heavy (non-hydrogen) atoms. The molecule has 1 aliphatic rings. The van der Waals surface area contributed by atoms with Crippen LogP contribution in [0.25, 0.3) is 0 Å². The first-order valence-corrected chi connectivity index (χ1v) is 8.90. The van der Waals surface area contributed by atoms with Crippen molar-refractivity contribution in [2.75, 3.05) is 26.2 Å². The lowest BCUT2D eigenvalue weighted by molar-refractivity contribution is 0.0108. The number of carbonyl (C=O) groups excluding carboxylic acids is 1. The van der Waals surface area contributed by atoms with Crippen LogP contribution in [0.15, 0.2) is 37.1 Å². The largest absolute Gasteiger partial charge is 0.387 e. The van der Waals surface area contributed by atoms with E-state index in [-0.39, 0.29) is 5.91 Å². The maximum Gasteiger partial charge on any atom is 0.257 e. The molecule has 1 N–H and O–H groups in total. The fraction of sp³-hybridized carbons (Fsp3) is 0.474. The predicted molar refractivity (Wildman–Crippen MR) is 97.4 cm³/mol. The van der Waals surface area contributed by atoms with Gasteiger partial charge >= 0.3 is 0 Å². The van der Waals surface area contributed by atoms with E-state index in [1.807, 2.05) is 12.1 Å². The van der Waals surface area contributed by atoms with Gasteiger partial charge < -0.3 is 10.0 Å². The molecular formula is C19H25N5O2. The predicted octanol–water partition coefficient (Wildman–Crippen LogP) is 1.28. The molecule has 1 saturated heterocycles. The molecule has 7 heteroatoms. The van der Waals surface area contributed by atoms with E-state index in [4.69, 9.17) is 0 Å². The SMILES string of the molecule is CCN(Cc1ccncc1)C[C@@]1(O)CCN(C(=O)c2cncnc2C)C1. The Morgan fingerprint density at radius 2 is 2.12 bits per heavy atom. The van der Waals surface area contributed by atoms with Crippen molar-refractivity contribution >= 4 is 5.91 Å². The van der Waals surface area contributed by atoms with E-state index in [2.05, 4.69) is 26.8 Å². The van der Waals surface area contributed by atoms with Crippen LogP contribution in [0.2, 0.25) is 0 Å². The van der Waals surface area contributed by atoms with Crippen molar-refractivity contribution in [2.24, 2.45) is 0 Å². The van der Waals surface area contributed by atoms with Crippen LogP contribution in [0.4, 0.5) is 0 Å². The Balaban J connectivity index is 1.64. The summed E-state index contributed by atoms with van der Waals surface area (Å²) in [6.45, 7) is 6.84. The zero-order valence-electron chi connectivity index (χ0n) is 15.3. The van der Waals surface area contributed by atoms with Crippen LogP contribution in [0.5, 0.6) is 0 Å². The summed E-state index contributed by atoms with van der Waals surface area (Å²) in [6, 6.07) is 3.96. The fourth-order valence-corrected chi connectivity index (χ4v) is 3.37. The van der Waals surface area contributed by atoms with Crippen molar-refractivity contribution < 1.29 is 9.90 Å². The highest BCUT2D eigenvalue weighted by atomic mass is 16.3. The van der Waals surface area contributed by atoms with Gasteiger partial charge in [0.1, 0.15) is 6.33 Å². The topological polar surface area (TPSA) is 82.5 Å². The Labute approximate surface area is 153 Å². The maximum absolute atomic E-state index is 12.7. The molecule has 0 radical (unpaired) electrons. The van der Waals surface area contributed by atoms with E-state index in [0.717, 1.165) is 18.7 Å². The molecule has 3 rings (SSSR count). The summed E-state index contributed by atoms with van der Waals surface area (Å²) in [5, 5.41) is 11.0. The van der Waals surface area contributed by atoms with Gasteiger partial charge in [-0.15, -0.1) is 0 Å². The Morgan fingerprint density at radius 3 is 2.81 bits per heavy atom. The maximum atomic E-state index is 12.7. The Morgan fingerprint density at radius 1 is 1.35 bits per heavy atom. The molecule has 1 fully saturated rings. The molecule has 0 saturated carbocycles. The molecular weight excluding hydrogens is 330 g/mol. The van der Waals surface area contributed by atoms with Gasteiger partial charge in [-0.2, -0.15) is 0 Å². The molecule has 3 heterocycles. The number of likely N-dealkylation sites (N-methyl/N-ethyl adjacent to an activating group) is 1. The average Bonchev–Trinajstić information content (AvgIpc) is 3.04. The highest BCUT2D eigenvalue weighted by molar-refractivity contribution is 5.95. The summed E-state index contributed by atoms with van der Waals surface area (Å²) >= 11 is 0. The molecule has 0 aliphatic carbocycles. The van der Waals surface area contributed by atoms with Gasteiger partial charge in [-0.3, -0.25) is 14.7 Å². The Bertz CT molecular complexity index is 755. The molecule has 1 atom stereocenters. The van der Waals surface area contributed by atoms with Gasteiger partial charge in [0, 0.05) is 38.2 Å². The summed E-state index contributed by atoms with van der Waals surface area (Å²) in [6.07, 6.45) is 7.10. The van der Waals surface area contributed by atoms with Gasteiger partial charge in [0.05, 0.1) is 23.4 Å². The summed E-state index contributed by atoms with van der Waals surface area (Å²) in [4.78, 5) is 28.7. The second-order valence-electron chi connectivity index (χ2n) is 6.88. The number of carbonyl (C=O) groups is 1. The molecule has 0 spiro atoms. The number of hydrogen-bond acceptors (Lipinski definition) is 6. The van der Waals surface area contributed by atoms with Gasteiger partial charge in [-0.25, -0.2) is 9.97 Å². The van der Waals surface area contributed by atoms with Crippen molar-refractivity contribution in [1.29, 1.82) is 0 Å². The smallest absolute Gasteiger partial charge is 0.257 e. The first-order valence-electron chi connectivity index (χ1n) is 8.90. The average molecular weight is 355 g/mol. The number of nitrogens with zero attached hydrogens (tertiary/aromatic N) is 5. The minimum atomic E-state index is -0.901. The molecule has 2 aromatic heterocycles. The van der Waals surface area contributed by atoms with Gasteiger partial charge in [0.25, 0.3) is 5.91 Å². The molecule has 0 unspecified atom stereocenters. The lowest BCUT2D eigenvalue weighted by Gasteiger charge is -2.30. The van der Waals surface area contributed by atoms with Crippen LogP contribution in [0.3, 0.4) is 0 Å². The van der Waals surface area contributed by atoms with Crippen molar-refractivity contribution in [3.05, 3.63) is 53.9 Å². The number of rotatable bonds is 6.